The van der Waals surface area contributed by atoms with Crippen molar-refractivity contribution in [3.8, 4) is 0 Å². The number of amides is 1. The molecular weight excluding hydrogens is 314 g/mol. The van der Waals surface area contributed by atoms with Crippen LogP contribution < -0.4 is 5.32 Å². The summed E-state index contributed by atoms with van der Waals surface area (Å²) in [5.74, 6) is 0.808. The molecule has 0 atom stereocenters. The Morgan fingerprint density at radius 1 is 1.24 bits per heavy atom. The van der Waals surface area contributed by atoms with Crippen LogP contribution in [0.15, 0.2) is 41.3 Å². The van der Waals surface area contributed by atoms with Gasteiger partial charge in [0, 0.05) is 44.5 Å². The zero-order chi connectivity index (χ0) is 17.5. The van der Waals surface area contributed by atoms with Crippen LogP contribution in [-0.2, 0) is 12.8 Å². The number of carbonyl (C=O) groups is 1. The van der Waals surface area contributed by atoms with Gasteiger partial charge in [-0.1, -0.05) is 6.92 Å². The van der Waals surface area contributed by atoms with Gasteiger partial charge in [-0.3, -0.25) is 9.78 Å². The molecule has 1 aliphatic heterocycles. The highest BCUT2D eigenvalue weighted by Gasteiger charge is 2.22. The first-order valence-electron chi connectivity index (χ1n) is 9.24. The van der Waals surface area contributed by atoms with E-state index in [1.807, 2.05) is 12.4 Å². The molecule has 0 aromatic carbocycles. The van der Waals surface area contributed by atoms with E-state index in [4.69, 9.17) is 4.42 Å². The molecule has 2 aromatic rings. The molecular formula is C20H27N3O2. The Kier molecular flexibility index (Phi) is 6.23. The van der Waals surface area contributed by atoms with E-state index in [1.165, 1.54) is 5.56 Å². The minimum atomic E-state index is 0.00688. The first-order chi connectivity index (χ1) is 12.3. The number of likely N-dealkylation sites (tertiary alicyclic amines) is 1. The summed E-state index contributed by atoms with van der Waals surface area (Å²) in [7, 11) is 0. The lowest BCUT2D eigenvalue weighted by Crippen LogP contribution is -2.45. The second-order valence-electron chi connectivity index (χ2n) is 6.70. The largest absolute Gasteiger partial charge is 0.469 e. The molecule has 1 N–H and O–H groups in total. The number of aromatic nitrogens is 1. The van der Waals surface area contributed by atoms with Crippen molar-refractivity contribution in [2.24, 2.45) is 0 Å². The maximum Gasteiger partial charge on any atom is 0.255 e. The maximum absolute atomic E-state index is 12.5. The molecule has 5 nitrogen and oxygen atoms in total. The van der Waals surface area contributed by atoms with Gasteiger partial charge in [0.05, 0.1) is 11.8 Å². The minimum absolute atomic E-state index is 0.00688. The van der Waals surface area contributed by atoms with Gasteiger partial charge in [-0.25, -0.2) is 0 Å². The SMILES string of the molecule is CCCc1occc1C(=O)NC1CCN(CCc2ccncc2)CC1. The number of hydrogen-bond acceptors (Lipinski definition) is 4. The summed E-state index contributed by atoms with van der Waals surface area (Å²) in [5, 5.41) is 3.18. The van der Waals surface area contributed by atoms with Crippen LogP contribution in [0.3, 0.4) is 0 Å². The van der Waals surface area contributed by atoms with E-state index in [2.05, 4.69) is 34.3 Å². The van der Waals surface area contributed by atoms with Crippen molar-refractivity contribution in [1.29, 1.82) is 0 Å². The predicted molar refractivity (Wildman–Crippen MR) is 97.6 cm³/mol. The second kappa shape index (κ2) is 8.81. The highest BCUT2D eigenvalue weighted by atomic mass is 16.3. The Balaban J connectivity index is 1.43. The highest BCUT2D eigenvalue weighted by Crippen LogP contribution is 2.16. The van der Waals surface area contributed by atoms with Crippen molar-refractivity contribution >= 4 is 5.91 Å². The molecule has 0 saturated carbocycles. The quantitative estimate of drug-likeness (QED) is 0.841. The van der Waals surface area contributed by atoms with Crippen molar-refractivity contribution in [1.82, 2.24) is 15.2 Å². The molecule has 1 amide bonds. The van der Waals surface area contributed by atoms with Crippen molar-refractivity contribution < 1.29 is 9.21 Å². The van der Waals surface area contributed by atoms with E-state index in [-0.39, 0.29) is 11.9 Å². The summed E-state index contributed by atoms with van der Waals surface area (Å²) in [6, 6.07) is 6.19. The van der Waals surface area contributed by atoms with Gasteiger partial charge in [-0.05, 0) is 49.4 Å². The van der Waals surface area contributed by atoms with Crippen LogP contribution in [0.1, 0.15) is 47.9 Å². The number of furan rings is 1. The van der Waals surface area contributed by atoms with Crippen LogP contribution in [0.5, 0.6) is 0 Å². The molecule has 2 aromatic heterocycles. The van der Waals surface area contributed by atoms with Gasteiger partial charge in [-0.15, -0.1) is 0 Å². The molecule has 0 unspecified atom stereocenters. The van der Waals surface area contributed by atoms with Crippen LogP contribution >= 0.6 is 0 Å². The number of piperidine rings is 1. The number of rotatable bonds is 7. The van der Waals surface area contributed by atoms with Gasteiger partial charge in [0.25, 0.3) is 5.91 Å². The van der Waals surface area contributed by atoms with Crippen molar-refractivity contribution in [2.75, 3.05) is 19.6 Å². The van der Waals surface area contributed by atoms with Gasteiger partial charge in [-0.2, -0.15) is 0 Å². The Morgan fingerprint density at radius 2 is 2.00 bits per heavy atom. The van der Waals surface area contributed by atoms with Gasteiger partial charge >= 0.3 is 0 Å². The first kappa shape index (κ1) is 17.7. The molecule has 5 heteroatoms. The Bertz CT molecular complexity index is 661. The average molecular weight is 341 g/mol. The lowest BCUT2D eigenvalue weighted by molar-refractivity contribution is 0.0909. The summed E-state index contributed by atoms with van der Waals surface area (Å²) >= 11 is 0. The molecule has 0 radical (unpaired) electrons. The highest BCUT2D eigenvalue weighted by molar-refractivity contribution is 5.95. The number of nitrogens with zero attached hydrogens (tertiary/aromatic N) is 2. The standard InChI is InChI=1S/C20H27N3O2/c1-2-3-19-18(9-15-25-19)20(24)22-17-7-13-23(14-8-17)12-6-16-4-10-21-11-5-16/h4-5,9-11,15,17H,2-3,6-8,12-14H2,1H3,(H,22,24). The molecule has 3 heterocycles. The summed E-state index contributed by atoms with van der Waals surface area (Å²) in [6.07, 6.45) is 10.1. The topological polar surface area (TPSA) is 58.4 Å². The summed E-state index contributed by atoms with van der Waals surface area (Å²) in [6.45, 7) is 5.21. The number of hydrogen-bond donors (Lipinski definition) is 1. The molecule has 0 bridgehead atoms. The molecule has 1 fully saturated rings. The number of carbonyl (C=O) groups excluding carboxylic acids is 1. The van der Waals surface area contributed by atoms with Crippen molar-refractivity contribution in [3.05, 3.63) is 53.7 Å². The van der Waals surface area contributed by atoms with Gasteiger partial charge in [0.2, 0.25) is 0 Å². The monoisotopic (exact) mass is 341 g/mol. The van der Waals surface area contributed by atoms with E-state index < -0.39 is 0 Å². The van der Waals surface area contributed by atoms with Crippen molar-refractivity contribution in [3.63, 3.8) is 0 Å². The molecule has 1 aliphatic rings. The van der Waals surface area contributed by atoms with Crippen molar-refractivity contribution in [2.45, 2.75) is 45.1 Å². The summed E-state index contributed by atoms with van der Waals surface area (Å²) in [5.41, 5.74) is 2.02. The minimum Gasteiger partial charge on any atom is -0.469 e. The lowest BCUT2D eigenvalue weighted by atomic mass is 10.0. The third kappa shape index (κ3) is 4.92. The summed E-state index contributed by atoms with van der Waals surface area (Å²) in [4.78, 5) is 19.0. The Hall–Kier alpha value is -2.14. The molecule has 1 saturated heterocycles. The Morgan fingerprint density at radius 3 is 2.72 bits per heavy atom. The zero-order valence-electron chi connectivity index (χ0n) is 14.9. The van der Waals surface area contributed by atoms with Crippen LogP contribution in [0.4, 0.5) is 0 Å². The first-order valence-corrected chi connectivity index (χ1v) is 9.24. The summed E-state index contributed by atoms with van der Waals surface area (Å²) < 4.78 is 5.43. The van der Waals surface area contributed by atoms with E-state index >= 15 is 0 Å². The number of aryl methyl sites for hydroxylation is 1. The number of nitrogens with one attached hydrogen (secondary N) is 1. The van der Waals surface area contributed by atoms with E-state index in [0.29, 0.717) is 5.56 Å². The van der Waals surface area contributed by atoms with E-state index in [9.17, 15) is 4.79 Å². The molecule has 0 aliphatic carbocycles. The number of pyridine rings is 1. The normalized spacial score (nSPS) is 16.0. The maximum atomic E-state index is 12.5. The van der Waals surface area contributed by atoms with Crippen LogP contribution in [0, 0.1) is 0 Å². The second-order valence-corrected chi connectivity index (χ2v) is 6.70. The zero-order valence-corrected chi connectivity index (χ0v) is 14.9. The van der Waals surface area contributed by atoms with Crippen LogP contribution in [0.25, 0.3) is 0 Å². The fourth-order valence-corrected chi connectivity index (χ4v) is 3.36. The third-order valence-electron chi connectivity index (χ3n) is 4.86. The predicted octanol–water partition coefficient (Wildman–Crippen LogP) is 3.06. The fourth-order valence-electron chi connectivity index (χ4n) is 3.36. The Labute approximate surface area is 149 Å². The fraction of sp³-hybridized carbons (Fsp3) is 0.500. The van der Waals surface area contributed by atoms with E-state index in [1.54, 1.807) is 12.3 Å². The van der Waals surface area contributed by atoms with Gasteiger partial charge in [0.1, 0.15) is 5.76 Å². The van der Waals surface area contributed by atoms with Crippen LogP contribution in [-0.4, -0.2) is 41.5 Å². The molecule has 25 heavy (non-hydrogen) atoms. The smallest absolute Gasteiger partial charge is 0.255 e. The van der Waals surface area contributed by atoms with Gasteiger partial charge in [0.15, 0.2) is 0 Å². The van der Waals surface area contributed by atoms with E-state index in [0.717, 1.165) is 57.5 Å². The molecule has 134 valence electrons. The molecule has 0 spiro atoms. The van der Waals surface area contributed by atoms with Crippen LogP contribution in [0.2, 0.25) is 0 Å². The molecule has 3 rings (SSSR count). The average Bonchev–Trinajstić information content (AvgIpc) is 3.11. The lowest BCUT2D eigenvalue weighted by Gasteiger charge is -2.32. The third-order valence-corrected chi connectivity index (χ3v) is 4.86. The van der Waals surface area contributed by atoms with Gasteiger partial charge < -0.3 is 14.6 Å².